The summed E-state index contributed by atoms with van der Waals surface area (Å²) in [5.74, 6) is 1.70. The second-order valence-corrected chi connectivity index (χ2v) is 5.33. The van der Waals surface area contributed by atoms with E-state index in [9.17, 15) is 0 Å². The van der Waals surface area contributed by atoms with Gasteiger partial charge in [0.05, 0.1) is 12.4 Å². The fourth-order valence-electron chi connectivity index (χ4n) is 2.22. The summed E-state index contributed by atoms with van der Waals surface area (Å²) in [5, 5.41) is 7.73. The van der Waals surface area contributed by atoms with Crippen LogP contribution in [0.5, 0.6) is 11.5 Å². The van der Waals surface area contributed by atoms with Gasteiger partial charge in [-0.15, -0.1) is 0 Å². The first kappa shape index (κ1) is 15.6. The number of nitrogens with one attached hydrogen (secondary N) is 1. The van der Waals surface area contributed by atoms with Gasteiger partial charge in [-0.05, 0) is 32.4 Å². The smallest absolute Gasteiger partial charge is 0.165 e. The number of ether oxygens (including phenoxy) is 1. The summed E-state index contributed by atoms with van der Waals surface area (Å²) in [7, 11) is 0. The Morgan fingerprint density at radius 3 is 2.86 bits per heavy atom. The predicted molar refractivity (Wildman–Crippen MR) is 85.8 cm³/mol. The van der Waals surface area contributed by atoms with E-state index in [-0.39, 0.29) is 0 Å². The average molecular weight is 287 g/mol. The third kappa shape index (κ3) is 4.60. The number of hydrogen-bond acceptors (Lipinski definition) is 3. The predicted octanol–water partition coefficient (Wildman–Crippen LogP) is 3.89. The number of benzene rings is 1. The third-order valence-corrected chi connectivity index (χ3v) is 3.25. The SMILES string of the molecule is CCCNCc1cc(C)ccc1Oc1cnn(CCC)c1. The van der Waals surface area contributed by atoms with E-state index < -0.39 is 0 Å². The van der Waals surface area contributed by atoms with Gasteiger partial charge in [0.1, 0.15) is 5.75 Å². The van der Waals surface area contributed by atoms with Gasteiger partial charge in [-0.25, -0.2) is 0 Å². The van der Waals surface area contributed by atoms with E-state index in [4.69, 9.17) is 4.74 Å². The first-order chi connectivity index (χ1) is 10.2. The highest BCUT2D eigenvalue weighted by molar-refractivity contribution is 5.39. The van der Waals surface area contributed by atoms with E-state index in [1.54, 1.807) is 6.20 Å². The van der Waals surface area contributed by atoms with Gasteiger partial charge in [-0.3, -0.25) is 4.68 Å². The Labute approximate surface area is 127 Å². The quantitative estimate of drug-likeness (QED) is 0.749. The zero-order chi connectivity index (χ0) is 15.1. The van der Waals surface area contributed by atoms with Crippen LogP contribution in [0.25, 0.3) is 0 Å². The lowest BCUT2D eigenvalue weighted by Crippen LogP contribution is -2.14. The summed E-state index contributed by atoms with van der Waals surface area (Å²) in [6, 6.07) is 6.29. The maximum absolute atomic E-state index is 6.00. The Morgan fingerprint density at radius 2 is 2.10 bits per heavy atom. The maximum atomic E-state index is 6.00. The van der Waals surface area contributed by atoms with Crippen LogP contribution in [0.2, 0.25) is 0 Å². The average Bonchev–Trinajstić information content (AvgIpc) is 2.90. The van der Waals surface area contributed by atoms with E-state index in [2.05, 4.69) is 43.3 Å². The molecule has 1 N–H and O–H groups in total. The van der Waals surface area contributed by atoms with Crippen molar-refractivity contribution >= 4 is 0 Å². The van der Waals surface area contributed by atoms with Crippen LogP contribution >= 0.6 is 0 Å². The summed E-state index contributed by atoms with van der Waals surface area (Å²) >= 11 is 0. The molecule has 0 saturated heterocycles. The third-order valence-electron chi connectivity index (χ3n) is 3.25. The summed E-state index contributed by atoms with van der Waals surface area (Å²) in [6.45, 7) is 9.17. The molecule has 1 aromatic heterocycles. The zero-order valence-electron chi connectivity index (χ0n) is 13.2. The van der Waals surface area contributed by atoms with Gasteiger partial charge in [0, 0.05) is 18.7 Å². The van der Waals surface area contributed by atoms with Crippen molar-refractivity contribution < 1.29 is 4.74 Å². The molecule has 4 heteroatoms. The normalized spacial score (nSPS) is 10.8. The summed E-state index contributed by atoms with van der Waals surface area (Å²) in [4.78, 5) is 0. The van der Waals surface area contributed by atoms with Crippen molar-refractivity contribution in [3.05, 3.63) is 41.7 Å². The Hall–Kier alpha value is -1.81. The van der Waals surface area contributed by atoms with E-state index in [1.807, 2.05) is 16.9 Å². The first-order valence-electron chi connectivity index (χ1n) is 7.73. The molecular weight excluding hydrogens is 262 g/mol. The van der Waals surface area contributed by atoms with Gasteiger partial charge in [0.15, 0.2) is 5.75 Å². The van der Waals surface area contributed by atoms with Crippen LogP contribution in [-0.4, -0.2) is 16.3 Å². The number of hydrogen-bond donors (Lipinski definition) is 1. The second kappa shape index (κ2) is 7.84. The molecule has 0 aliphatic heterocycles. The van der Waals surface area contributed by atoms with Crippen LogP contribution in [0.3, 0.4) is 0 Å². The summed E-state index contributed by atoms with van der Waals surface area (Å²) in [5.41, 5.74) is 2.43. The summed E-state index contributed by atoms with van der Waals surface area (Å²) in [6.07, 6.45) is 5.93. The van der Waals surface area contributed by atoms with Gasteiger partial charge < -0.3 is 10.1 Å². The number of aromatic nitrogens is 2. The van der Waals surface area contributed by atoms with Gasteiger partial charge in [0.25, 0.3) is 0 Å². The van der Waals surface area contributed by atoms with Crippen molar-refractivity contribution in [2.45, 2.75) is 46.7 Å². The molecule has 0 amide bonds. The van der Waals surface area contributed by atoms with Gasteiger partial charge in [-0.1, -0.05) is 31.5 Å². The van der Waals surface area contributed by atoms with Crippen molar-refractivity contribution in [1.82, 2.24) is 15.1 Å². The molecule has 2 aromatic rings. The fourth-order valence-corrected chi connectivity index (χ4v) is 2.22. The molecule has 21 heavy (non-hydrogen) atoms. The molecule has 114 valence electrons. The minimum Gasteiger partial charge on any atom is -0.454 e. The second-order valence-electron chi connectivity index (χ2n) is 5.33. The molecule has 0 aliphatic carbocycles. The standard InChI is InChI=1S/C17H25N3O/c1-4-8-18-11-15-10-14(3)6-7-17(15)21-16-12-19-20(13-16)9-5-2/h6-7,10,12-13,18H,4-5,8-9,11H2,1-3H3. The van der Waals surface area contributed by atoms with Crippen LogP contribution in [0, 0.1) is 6.92 Å². The lowest BCUT2D eigenvalue weighted by molar-refractivity contribution is 0.470. The molecule has 4 nitrogen and oxygen atoms in total. The molecule has 1 aromatic carbocycles. The van der Waals surface area contributed by atoms with Crippen molar-refractivity contribution in [3.63, 3.8) is 0 Å². The molecule has 0 unspecified atom stereocenters. The minimum atomic E-state index is 0.795. The van der Waals surface area contributed by atoms with Crippen LogP contribution in [0.4, 0.5) is 0 Å². The number of rotatable bonds is 8. The molecule has 0 fully saturated rings. The van der Waals surface area contributed by atoms with Gasteiger partial charge >= 0.3 is 0 Å². The molecule has 2 rings (SSSR count). The molecule has 0 aliphatic rings. The van der Waals surface area contributed by atoms with Crippen LogP contribution in [0.15, 0.2) is 30.6 Å². The lowest BCUT2D eigenvalue weighted by Gasteiger charge is -2.11. The summed E-state index contributed by atoms with van der Waals surface area (Å²) < 4.78 is 7.91. The molecule has 0 radical (unpaired) electrons. The molecule has 0 bridgehead atoms. The number of aryl methyl sites for hydroxylation is 2. The van der Waals surface area contributed by atoms with E-state index in [1.165, 1.54) is 11.1 Å². The van der Waals surface area contributed by atoms with Crippen molar-refractivity contribution in [2.24, 2.45) is 0 Å². The Balaban J connectivity index is 2.10. The molecule has 0 spiro atoms. The number of nitrogens with zero attached hydrogens (tertiary/aromatic N) is 2. The highest BCUT2D eigenvalue weighted by Crippen LogP contribution is 2.26. The largest absolute Gasteiger partial charge is 0.454 e. The van der Waals surface area contributed by atoms with Gasteiger partial charge in [-0.2, -0.15) is 5.10 Å². The monoisotopic (exact) mass is 287 g/mol. The minimum absolute atomic E-state index is 0.795. The zero-order valence-corrected chi connectivity index (χ0v) is 13.2. The van der Waals surface area contributed by atoms with Crippen molar-refractivity contribution in [2.75, 3.05) is 6.54 Å². The van der Waals surface area contributed by atoms with E-state index in [0.29, 0.717) is 0 Å². The molecule has 0 saturated carbocycles. The van der Waals surface area contributed by atoms with Crippen LogP contribution in [-0.2, 0) is 13.1 Å². The highest BCUT2D eigenvalue weighted by atomic mass is 16.5. The van der Waals surface area contributed by atoms with E-state index in [0.717, 1.165) is 44.0 Å². The fraction of sp³-hybridized carbons (Fsp3) is 0.471. The first-order valence-corrected chi connectivity index (χ1v) is 7.73. The van der Waals surface area contributed by atoms with E-state index >= 15 is 0 Å². The molecule has 0 atom stereocenters. The topological polar surface area (TPSA) is 39.1 Å². The van der Waals surface area contributed by atoms with Crippen molar-refractivity contribution in [3.8, 4) is 11.5 Å². The van der Waals surface area contributed by atoms with Gasteiger partial charge in [0.2, 0.25) is 0 Å². The Morgan fingerprint density at radius 1 is 1.24 bits per heavy atom. The highest BCUT2D eigenvalue weighted by Gasteiger charge is 2.07. The van der Waals surface area contributed by atoms with Crippen LogP contribution < -0.4 is 10.1 Å². The van der Waals surface area contributed by atoms with Crippen LogP contribution in [0.1, 0.15) is 37.8 Å². The molecule has 1 heterocycles. The lowest BCUT2D eigenvalue weighted by atomic mass is 10.1. The molecular formula is C17H25N3O. The van der Waals surface area contributed by atoms with Crippen molar-refractivity contribution in [1.29, 1.82) is 0 Å². The maximum Gasteiger partial charge on any atom is 0.165 e. The Kier molecular flexibility index (Phi) is 5.81. The Bertz CT molecular complexity index is 563.